The Kier molecular flexibility index (Phi) is 2.46. The van der Waals surface area contributed by atoms with Crippen molar-refractivity contribution in [2.45, 2.75) is 18.4 Å². The summed E-state index contributed by atoms with van der Waals surface area (Å²) in [6.07, 6.45) is 3.02. The summed E-state index contributed by atoms with van der Waals surface area (Å²) in [6, 6.07) is 8.39. The highest BCUT2D eigenvalue weighted by molar-refractivity contribution is 7.19. The average molecular weight is 251 g/mol. The molecule has 1 aliphatic carbocycles. The van der Waals surface area contributed by atoms with Crippen molar-refractivity contribution >= 4 is 22.9 Å². The first-order valence-corrected chi connectivity index (χ1v) is 6.41. The van der Waals surface area contributed by atoms with Gasteiger partial charge < -0.3 is 5.73 Å². The number of hydrogen-bond donors (Lipinski definition) is 1. The molecule has 0 bridgehead atoms. The van der Waals surface area contributed by atoms with E-state index in [1.807, 2.05) is 24.4 Å². The number of nitrogens with two attached hydrogens (primary N) is 1. The van der Waals surface area contributed by atoms with E-state index in [1.54, 1.807) is 11.3 Å². The molecule has 2 heterocycles. The minimum atomic E-state index is 0.337. The predicted octanol–water partition coefficient (Wildman–Crippen LogP) is 3.28. The van der Waals surface area contributed by atoms with Gasteiger partial charge in [0.2, 0.25) is 0 Å². The van der Waals surface area contributed by atoms with Crippen molar-refractivity contribution in [2.24, 2.45) is 5.73 Å². The summed E-state index contributed by atoms with van der Waals surface area (Å²) >= 11 is 7.44. The van der Waals surface area contributed by atoms with Crippen LogP contribution < -0.4 is 5.73 Å². The van der Waals surface area contributed by atoms with E-state index in [9.17, 15) is 0 Å². The molecule has 0 amide bonds. The summed E-state index contributed by atoms with van der Waals surface area (Å²) in [5, 5.41) is 0. The van der Waals surface area contributed by atoms with Gasteiger partial charge in [0.05, 0.1) is 14.9 Å². The fourth-order valence-corrected chi connectivity index (χ4v) is 2.84. The summed E-state index contributed by atoms with van der Waals surface area (Å²) in [6.45, 7) is 0. The molecule has 0 saturated heterocycles. The molecule has 0 spiro atoms. The Balaban J connectivity index is 1.87. The first kappa shape index (κ1) is 10.3. The zero-order valence-corrected chi connectivity index (χ0v) is 10.1. The number of thiophene rings is 1. The molecule has 82 valence electrons. The smallest absolute Gasteiger partial charge is 0.0935 e. The number of rotatable bonds is 2. The van der Waals surface area contributed by atoms with Crippen molar-refractivity contribution in [2.75, 3.05) is 0 Å². The molecular weight excluding hydrogens is 240 g/mol. The van der Waals surface area contributed by atoms with Crippen LogP contribution in [0.15, 0.2) is 30.5 Å². The van der Waals surface area contributed by atoms with Gasteiger partial charge in [0, 0.05) is 18.2 Å². The second-order valence-electron chi connectivity index (χ2n) is 4.09. The Labute approximate surface area is 103 Å². The van der Waals surface area contributed by atoms with Crippen LogP contribution in [0.25, 0.3) is 10.6 Å². The standard InChI is InChI=1S/C12H11ClN2S/c13-12-4-3-11(16-12)10-2-1-7(6-15-10)8-5-9(8)14/h1-4,6,8-9H,5,14H2. The Hall–Kier alpha value is -0.900. The van der Waals surface area contributed by atoms with Crippen molar-refractivity contribution in [1.29, 1.82) is 0 Å². The third-order valence-corrected chi connectivity index (χ3v) is 4.13. The van der Waals surface area contributed by atoms with Crippen LogP contribution in [0.5, 0.6) is 0 Å². The van der Waals surface area contributed by atoms with Gasteiger partial charge in [0.1, 0.15) is 0 Å². The van der Waals surface area contributed by atoms with E-state index in [1.165, 1.54) is 5.56 Å². The van der Waals surface area contributed by atoms with E-state index in [-0.39, 0.29) is 0 Å². The molecule has 16 heavy (non-hydrogen) atoms. The van der Waals surface area contributed by atoms with E-state index in [0.29, 0.717) is 12.0 Å². The maximum Gasteiger partial charge on any atom is 0.0935 e. The number of hydrogen-bond acceptors (Lipinski definition) is 3. The third kappa shape index (κ3) is 1.86. The summed E-state index contributed by atoms with van der Waals surface area (Å²) in [7, 11) is 0. The van der Waals surface area contributed by atoms with Gasteiger partial charge in [-0.05, 0) is 30.2 Å². The molecule has 2 aromatic rings. The molecule has 0 aliphatic heterocycles. The van der Waals surface area contributed by atoms with Gasteiger partial charge in [-0.1, -0.05) is 17.7 Å². The lowest BCUT2D eigenvalue weighted by Crippen LogP contribution is -2.01. The molecule has 1 fully saturated rings. The van der Waals surface area contributed by atoms with Gasteiger partial charge in [-0.3, -0.25) is 4.98 Å². The molecule has 0 aromatic carbocycles. The van der Waals surface area contributed by atoms with Gasteiger partial charge in [-0.15, -0.1) is 11.3 Å². The molecule has 1 saturated carbocycles. The topological polar surface area (TPSA) is 38.9 Å². The van der Waals surface area contributed by atoms with Gasteiger partial charge in [-0.25, -0.2) is 0 Å². The second-order valence-corrected chi connectivity index (χ2v) is 5.80. The summed E-state index contributed by atoms with van der Waals surface area (Å²) < 4.78 is 0.796. The molecule has 2 unspecified atom stereocenters. The minimum absolute atomic E-state index is 0.337. The van der Waals surface area contributed by atoms with E-state index >= 15 is 0 Å². The Morgan fingerprint density at radius 1 is 1.31 bits per heavy atom. The third-order valence-electron chi connectivity index (χ3n) is 2.88. The largest absolute Gasteiger partial charge is 0.327 e. The van der Waals surface area contributed by atoms with Crippen molar-refractivity contribution in [3.8, 4) is 10.6 Å². The molecule has 4 heteroatoms. The molecule has 0 radical (unpaired) electrons. The number of pyridine rings is 1. The Morgan fingerprint density at radius 2 is 2.12 bits per heavy atom. The van der Waals surface area contributed by atoms with Crippen LogP contribution in [0.3, 0.4) is 0 Å². The monoisotopic (exact) mass is 250 g/mol. The van der Waals surface area contributed by atoms with E-state index < -0.39 is 0 Å². The van der Waals surface area contributed by atoms with Crippen LogP contribution in [0.1, 0.15) is 17.9 Å². The van der Waals surface area contributed by atoms with Crippen LogP contribution >= 0.6 is 22.9 Å². The zero-order valence-electron chi connectivity index (χ0n) is 8.56. The normalized spacial score (nSPS) is 23.4. The van der Waals surface area contributed by atoms with Gasteiger partial charge in [-0.2, -0.15) is 0 Å². The van der Waals surface area contributed by atoms with E-state index in [0.717, 1.165) is 21.3 Å². The lowest BCUT2D eigenvalue weighted by Gasteiger charge is -2.00. The average Bonchev–Trinajstić information content (AvgIpc) is 2.86. The summed E-state index contributed by atoms with van der Waals surface area (Å²) in [5.41, 5.74) is 8.04. The Morgan fingerprint density at radius 3 is 2.62 bits per heavy atom. The van der Waals surface area contributed by atoms with E-state index in [2.05, 4.69) is 11.1 Å². The maximum absolute atomic E-state index is 5.90. The highest BCUT2D eigenvalue weighted by Gasteiger charge is 2.34. The van der Waals surface area contributed by atoms with Crippen LogP contribution in [-0.2, 0) is 0 Å². The lowest BCUT2D eigenvalue weighted by molar-refractivity contribution is 0.981. The van der Waals surface area contributed by atoms with Crippen LogP contribution in [0.4, 0.5) is 0 Å². The molecule has 3 rings (SSSR count). The van der Waals surface area contributed by atoms with Crippen molar-refractivity contribution < 1.29 is 0 Å². The molecular formula is C12H11ClN2S. The van der Waals surface area contributed by atoms with Crippen LogP contribution in [-0.4, -0.2) is 11.0 Å². The van der Waals surface area contributed by atoms with E-state index in [4.69, 9.17) is 17.3 Å². The number of halogens is 1. The molecule has 1 aliphatic rings. The van der Waals surface area contributed by atoms with Gasteiger partial charge in [0.15, 0.2) is 0 Å². The van der Waals surface area contributed by atoms with Crippen molar-refractivity contribution in [3.63, 3.8) is 0 Å². The SMILES string of the molecule is NC1CC1c1ccc(-c2ccc(Cl)s2)nc1. The second kappa shape index (κ2) is 3.84. The van der Waals surface area contributed by atoms with Crippen molar-refractivity contribution in [1.82, 2.24) is 4.98 Å². The van der Waals surface area contributed by atoms with Crippen molar-refractivity contribution in [3.05, 3.63) is 40.4 Å². The highest BCUT2D eigenvalue weighted by atomic mass is 35.5. The van der Waals surface area contributed by atoms with Crippen LogP contribution in [0.2, 0.25) is 4.34 Å². The first-order chi connectivity index (χ1) is 7.74. The molecule has 2 nitrogen and oxygen atoms in total. The Bertz CT molecular complexity index is 506. The van der Waals surface area contributed by atoms with Gasteiger partial charge >= 0.3 is 0 Å². The minimum Gasteiger partial charge on any atom is -0.327 e. The fourth-order valence-electron chi connectivity index (χ4n) is 1.82. The number of nitrogens with zero attached hydrogens (tertiary/aromatic N) is 1. The zero-order chi connectivity index (χ0) is 11.1. The summed E-state index contributed by atoms with van der Waals surface area (Å²) in [5.74, 6) is 0.522. The molecule has 2 atom stereocenters. The van der Waals surface area contributed by atoms with Gasteiger partial charge in [0.25, 0.3) is 0 Å². The highest BCUT2D eigenvalue weighted by Crippen LogP contribution is 2.39. The predicted molar refractivity (Wildman–Crippen MR) is 67.9 cm³/mol. The lowest BCUT2D eigenvalue weighted by atomic mass is 10.1. The first-order valence-electron chi connectivity index (χ1n) is 5.21. The quantitative estimate of drug-likeness (QED) is 0.889. The number of aromatic nitrogens is 1. The fraction of sp³-hybridized carbons (Fsp3) is 0.250. The molecule has 2 aromatic heterocycles. The summed E-state index contributed by atoms with van der Waals surface area (Å²) in [4.78, 5) is 5.56. The van der Waals surface area contributed by atoms with Crippen LogP contribution in [0, 0.1) is 0 Å². The molecule has 2 N–H and O–H groups in total. The maximum atomic E-state index is 5.90.